The molecule has 1 aliphatic heterocycles. The molecule has 0 bridgehead atoms. The number of halogens is 1. The summed E-state index contributed by atoms with van der Waals surface area (Å²) in [6, 6.07) is 2.46. The Hall–Kier alpha value is -0.423. The first-order chi connectivity index (χ1) is 7.48. The molecule has 16 heavy (non-hydrogen) atoms. The average molecular weight is 247 g/mol. The zero-order chi connectivity index (χ0) is 12.4. The molecule has 0 aromatic carbocycles. The van der Waals surface area contributed by atoms with Crippen molar-refractivity contribution in [3.63, 3.8) is 0 Å². The van der Waals surface area contributed by atoms with E-state index in [4.69, 9.17) is 4.43 Å². The fraction of sp³-hybridized carbons (Fsp3) is 0.909. The minimum absolute atomic E-state index is 0.164. The van der Waals surface area contributed by atoms with E-state index in [0.717, 1.165) is 18.1 Å². The molecule has 2 atom stereocenters. The van der Waals surface area contributed by atoms with Crippen LogP contribution < -0.4 is 5.32 Å². The van der Waals surface area contributed by atoms with Gasteiger partial charge < -0.3 is 9.74 Å². The summed E-state index contributed by atoms with van der Waals surface area (Å²) in [5, 5.41) is 2.56. The molecule has 0 spiro atoms. The number of β-lactam (4-membered cyclic amide) rings is 1. The first-order valence-corrected chi connectivity index (χ1v) is 8.58. The summed E-state index contributed by atoms with van der Waals surface area (Å²) < 4.78 is 18.8. The van der Waals surface area contributed by atoms with Crippen molar-refractivity contribution in [1.82, 2.24) is 5.32 Å². The van der Waals surface area contributed by atoms with Gasteiger partial charge in [0.2, 0.25) is 0 Å². The van der Waals surface area contributed by atoms with Crippen LogP contribution in [-0.4, -0.2) is 32.5 Å². The highest BCUT2D eigenvalue weighted by atomic mass is 28.4. The average Bonchev–Trinajstić information content (AvgIpc) is 2.32. The second-order valence-corrected chi connectivity index (χ2v) is 9.32. The number of alkyl halides is 1. The Morgan fingerprint density at radius 1 is 1.38 bits per heavy atom. The summed E-state index contributed by atoms with van der Waals surface area (Å²) in [6.45, 7) is 7.47. The number of carbonyl (C=O) groups is 1. The Morgan fingerprint density at radius 3 is 2.19 bits per heavy atom. The van der Waals surface area contributed by atoms with E-state index in [1.807, 2.05) is 0 Å². The van der Waals surface area contributed by atoms with Crippen LogP contribution in [0.25, 0.3) is 0 Å². The predicted octanol–water partition coefficient (Wildman–Crippen LogP) is 2.23. The van der Waals surface area contributed by atoms with Crippen LogP contribution in [0.5, 0.6) is 0 Å². The summed E-state index contributed by atoms with van der Waals surface area (Å²) in [4.78, 5) is 11.6. The predicted molar refractivity (Wildman–Crippen MR) is 64.6 cm³/mol. The lowest BCUT2D eigenvalue weighted by molar-refractivity contribution is -0.156. The van der Waals surface area contributed by atoms with Crippen LogP contribution in [-0.2, 0) is 9.22 Å². The van der Waals surface area contributed by atoms with Crippen molar-refractivity contribution in [2.75, 3.05) is 6.67 Å². The second kappa shape index (κ2) is 4.83. The van der Waals surface area contributed by atoms with Crippen LogP contribution in [0, 0.1) is 0 Å². The first-order valence-electron chi connectivity index (χ1n) is 6.05. The topological polar surface area (TPSA) is 38.3 Å². The van der Waals surface area contributed by atoms with Crippen LogP contribution in [0.15, 0.2) is 0 Å². The molecule has 1 saturated heterocycles. The Morgan fingerprint density at radius 2 is 1.88 bits per heavy atom. The number of hydrogen-bond donors (Lipinski definition) is 1. The van der Waals surface area contributed by atoms with Gasteiger partial charge in [0.05, 0.1) is 6.04 Å². The second-order valence-electron chi connectivity index (χ2n) is 4.63. The fourth-order valence-corrected chi connectivity index (χ4v) is 5.31. The van der Waals surface area contributed by atoms with E-state index in [2.05, 4.69) is 26.1 Å². The van der Waals surface area contributed by atoms with Crippen molar-refractivity contribution in [3.8, 4) is 0 Å². The van der Waals surface area contributed by atoms with Crippen molar-refractivity contribution in [3.05, 3.63) is 0 Å². The van der Waals surface area contributed by atoms with Gasteiger partial charge in [-0.25, -0.2) is 4.39 Å². The normalized spacial score (nSPS) is 29.8. The third-order valence-corrected chi connectivity index (χ3v) is 8.66. The highest BCUT2D eigenvalue weighted by Gasteiger charge is 2.55. The monoisotopic (exact) mass is 247 g/mol. The van der Waals surface area contributed by atoms with Crippen LogP contribution >= 0.6 is 0 Å². The van der Waals surface area contributed by atoms with Gasteiger partial charge in [0, 0.05) is 0 Å². The van der Waals surface area contributed by atoms with E-state index < -0.39 is 26.6 Å². The lowest BCUT2D eigenvalue weighted by Crippen LogP contribution is -2.75. The summed E-state index contributed by atoms with van der Waals surface area (Å²) in [7, 11) is -1.85. The van der Waals surface area contributed by atoms with Gasteiger partial charge >= 0.3 is 0 Å². The molecule has 94 valence electrons. The lowest BCUT2D eigenvalue weighted by atomic mass is 9.88. The van der Waals surface area contributed by atoms with E-state index in [1.165, 1.54) is 0 Å². The Balaban J connectivity index is 2.81. The maximum Gasteiger partial charge on any atom is 0.253 e. The van der Waals surface area contributed by atoms with Gasteiger partial charge in [-0.05, 0) is 25.1 Å². The highest BCUT2D eigenvalue weighted by Crippen LogP contribution is 2.34. The summed E-state index contributed by atoms with van der Waals surface area (Å²) >= 11 is 0. The van der Waals surface area contributed by atoms with Crippen molar-refractivity contribution in [2.24, 2.45) is 0 Å². The van der Waals surface area contributed by atoms with Gasteiger partial charge in [0.1, 0.15) is 6.67 Å². The fourth-order valence-electron chi connectivity index (χ4n) is 2.24. The van der Waals surface area contributed by atoms with E-state index >= 15 is 0 Å². The molecule has 3 nitrogen and oxygen atoms in total. The molecule has 1 fully saturated rings. The third kappa shape index (κ3) is 2.02. The molecule has 1 N–H and O–H groups in total. The molecule has 0 saturated carbocycles. The molecule has 0 aromatic rings. The molecule has 1 amide bonds. The van der Waals surface area contributed by atoms with E-state index in [1.54, 1.807) is 6.92 Å². The molecule has 0 aliphatic carbocycles. The van der Waals surface area contributed by atoms with E-state index in [0.29, 0.717) is 0 Å². The van der Waals surface area contributed by atoms with Crippen LogP contribution in [0.3, 0.4) is 0 Å². The van der Waals surface area contributed by atoms with Crippen LogP contribution in [0.4, 0.5) is 4.39 Å². The largest absolute Gasteiger partial charge is 0.401 e. The Kier molecular flexibility index (Phi) is 4.12. The number of hydrogen-bond acceptors (Lipinski definition) is 2. The first kappa shape index (κ1) is 13.6. The maximum absolute atomic E-state index is 12.7. The summed E-state index contributed by atoms with van der Waals surface area (Å²) in [5.74, 6) is -0.164. The molecule has 5 heteroatoms. The number of amides is 1. The van der Waals surface area contributed by atoms with Gasteiger partial charge in [0.15, 0.2) is 13.9 Å². The Bertz CT molecular complexity index is 262. The molecular weight excluding hydrogens is 225 g/mol. The molecule has 0 unspecified atom stereocenters. The molecule has 1 rings (SSSR count). The van der Waals surface area contributed by atoms with Gasteiger partial charge in [-0.1, -0.05) is 20.8 Å². The van der Waals surface area contributed by atoms with Crippen LogP contribution in [0.1, 0.15) is 27.7 Å². The van der Waals surface area contributed by atoms with E-state index in [-0.39, 0.29) is 5.91 Å². The molecule has 1 aliphatic rings. The molecule has 1 heterocycles. The quantitative estimate of drug-likeness (QED) is 0.577. The zero-order valence-electron chi connectivity index (χ0n) is 10.6. The van der Waals surface area contributed by atoms with Crippen molar-refractivity contribution in [1.29, 1.82) is 0 Å². The number of nitrogens with one attached hydrogen (secondary N) is 1. The minimum atomic E-state index is -1.85. The highest BCUT2D eigenvalue weighted by molar-refractivity contribution is 6.73. The zero-order valence-corrected chi connectivity index (χ0v) is 11.6. The van der Waals surface area contributed by atoms with Crippen molar-refractivity contribution < 1.29 is 13.6 Å². The standard InChI is InChI=1S/C11H22FNO2Si/c1-5-16(6-2,7-3)15-11(4)9(8-12)13-10(11)14/h9H,5-8H2,1-4H3,(H,13,14)/t9-,11+/m0/s1. The van der Waals surface area contributed by atoms with Crippen molar-refractivity contribution >= 4 is 14.2 Å². The van der Waals surface area contributed by atoms with Gasteiger partial charge in [-0.2, -0.15) is 0 Å². The molecule has 0 aromatic heterocycles. The van der Waals surface area contributed by atoms with Crippen molar-refractivity contribution in [2.45, 2.75) is 57.5 Å². The SMILES string of the molecule is CC[Si](CC)(CC)O[C@@]1(C)C(=O)N[C@H]1CF. The van der Waals surface area contributed by atoms with Gasteiger partial charge in [0.25, 0.3) is 5.91 Å². The summed E-state index contributed by atoms with van der Waals surface area (Å²) in [5.41, 5.74) is -0.928. The van der Waals surface area contributed by atoms with Gasteiger partial charge in [-0.3, -0.25) is 4.79 Å². The Labute approximate surface area is 97.9 Å². The molecular formula is C11H22FNO2Si. The molecule has 0 radical (unpaired) electrons. The summed E-state index contributed by atoms with van der Waals surface area (Å²) in [6.07, 6.45) is 0. The maximum atomic E-state index is 12.7. The smallest absolute Gasteiger partial charge is 0.253 e. The number of rotatable bonds is 6. The van der Waals surface area contributed by atoms with Gasteiger partial charge in [-0.15, -0.1) is 0 Å². The minimum Gasteiger partial charge on any atom is -0.401 e. The van der Waals surface area contributed by atoms with E-state index in [9.17, 15) is 9.18 Å². The third-order valence-electron chi connectivity index (χ3n) is 3.94. The van der Waals surface area contributed by atoms with Crippen LogP contribution in [0.2, 0.25) is 18.1 Å². The number of carbonyl (C=O) groups excluding carboxylic acids is 1. The lowest BCUT2D eigenvalue weighted by Gasteiger charge is -2.49.